The minimum atomic E-state index is -5.08. The number of likely N-dealkylation sites (tertiary alicyclic amines) is 1. The van der Waals surface area contributed by atoms with E-state index in [2.05, 4.69) is 27.4 Å². The molecule has 8 nitrogen and oxygen atoms in total. The van der Waals surface area contributed by atoms with E-state index in [1.54, 1.807) is 17.5 Å². The van der Waals surface area contributed by atoms with Gasteiger partial charge in [0.1, 0.15) is 0 Å². The van der Waals surface area contributed by atoms with Crippen molar-refractivity contribution < 1.29 is 50.9 Å². The number of carbonyl (C=O) groups excluding carboxylic acids is 1. The average molecular weight is 555 g/mol. The van der Waals surface area contributed by atoms with E-state index in [1.165, 1.54) is 5.56 Å². The molecule has 2 aliphatic heterocycles. The maximum Gasteiger partial charge on any atom is 0.490 e. The van der Waals surface area contributed by atoms with E-state index in [0.29, 0.717) is 5.91 Å². The second-order valence-corrected chi connectivity index (χ2v) is 9.03. The lowest BCUT2D eigenvalue weighted by atomic mass is 9.78. The number of piperidine rings is 1. The molecule has 15 heteroatoms. The normalized spacial score (nSPS) is 20.1. The third kappa shape index (κ3) is 8.70. The molecular weight excluding hydrogens is 532 g/mol. The maximum atomic E-state index is 13.1. The summed E-state index contributed by atoms with van der Waals surface area (Å²) in [5.74, 6) is -5.19. The highest BCUT2D eigenvalue weighted by Gasteiger charge is 2.49. The average Bonchev–Trinajstić information content (AvgIpc) is 3.43. The predicted molar refractivity (Wildman–Crippen MR) is 120 cm³/mol. The van der Waals surface area contributed by atoms with Crippen LogP contribution in [0.5, 0.6) is 0 Å². The number of aliphatic carboxylic acids is 2. The van der Waals surface area contributed by atoms with Gasteiger partial charge in [0.25, 0.3) is 0 Å². The standard InChI is InChI=1S/C18H21N3OS.2C2HF3O2/c22-17-18(6-9-21(17)16-4-10-23-13-16)5-2-8-20(14-18)12-15-3-1-7-19-11-15;2*3-2(4,5)1(6)7/h1,3-4,7,10-11,13H,2,5-6,8-9,12,14H2;2*(H,6,7). The van der Waals surface area contributed by atoms with Crippen molar-refractivity contribution in [1.29, 1.82) is 0 Å². The number of halogens is 6. The van der Waals surface area contributed by atoms with Gasteiger partial charge in [-0.25, -0.2) is 9.59 Å². The van der Waals surface area contributed by atoms with Crippen LogP contribution in [0.15, 0.2) is 41.4 Å². The number of carbonyl (C=O) groups is 3. The highest BCUT2D eigenvalue weighted by Crippen LogP contribution is 2.42. The molecule has 204 valence electrons. The summed E-state index contributed by atoms with van der Waals surface area (Å²) in [5, 5.41) is 18.4. The van der Waals surface area contributed by atoms with E-state index in [9.17, 15) is 31.1 Å². The number of thiophene rings is 1. The second kappa shape index (κ2) is 12.4. The SMILES string of the molecule is O=C(O)C(F)(F)F.O=C(O)C(F)(F)F.O=C1N(c2ccsc2)CCC12CCCN(Cc1cccnc1)C2. The molecule has 1 spiro atoms. The zero-order valence-electron chi connectivity index (χ0n) is 19.1. The fourth-order valence-corrected chi connectivity index (χ4v) is 4.61. The van der Waals surface area contributed by atoms with Crippen LogP contribution < -0.4 is 4.90 Å². The molecule has 1 atom stereocenters. The maximum absolute atomic E-state index is 13.1. The highest BCUT2D eigenvalue weighted by atomic mass is 32.1. The van der Waals surface area contributed by atoms with Gasteiger partial charge < -0.3 is 15.1 Å². The van der Waals surface area contributed by atoms with Crippen molar-refractivity contribution in [1.82, 2.24) is 9.88 Å². The van der Waals surface area contributed by atoms with E-state index in [-0.39, 0.29) is 5.41 Å². The second-order valence-electron chi connectivity index (χ2n) is 8.25. The summed E-state index contributed by atoms with van der Waals surface area (Å²) in [5.41, 5.74) is 2.12. The minimum absolute atomic E-state index is 0.178. The molecule has 0 saturated carbocycles. The molecule has 0 bridgehead atoms. The molecule has 2 N–H and O–H groups in total. The first-order chi connectivity index (χ1) is 17.2. The van der Waals surface area contributed by atoms with Crippen LogP contribution >= 0.6 is 11.3 Å². The topological polar surface area (TPSA) is 111 Å². The van der Waals surface area contributed by atoms with Crippen LogP contribution in [0.2, 0.25) is 0 Å². The number of nitrogens with zero attached hydrogens (tertiary/aromatic N) is 3. The summed E-state index contributed by atoms with van der Waals surface area (Å²) in [7, 11) is 0. The Morgan fingerprint density at radius 1 is 1.03 bits per heavy atom. The fourth-order valence-electron chi connectivity index (χ4n) is 3.97. The molecule has 2 saturated heterocycles. The summed E-state index contributed by atoms with van der Waals surface area (Å²) in [6.45, 7) is 3.70. The lowest BCUT2D eigenvalue weighted by molar-refractivity contribution is -0.193. The lowest BCUT2D eigenvalue weighted by Gasteiger charge is -2.39. The molecule has 0 radical (unpaired) electrons. The molecule has 37 heavy (non-hydrogen) atoms. The van der Waals surface area contributed by atoms with Crippen molar-refractivity contribution in [3.63, 3.8) is 0 Å². The molecule has 1 amide bonds. The van der Waals surface area contributed by atoms with E-state index in [4.69, 9.17) is 19.8 Å². The minimum Gasteiger partial charge on any atom is -0.475 e. The fraction of sp³-hybridized carbons (Fsp3) is 0.455. The Labute approximate surface area is 211 Å². The Morgan fingerprint density at radius 3 is 2.14 bits per heavy atom. The number of aromatic nitrogens is 1. The summed E-state index contributed by atoms with van der Waals surface area (Å²) >= 11 is 1.65. The number of carboxylic acids is 2. The van der Waals surface area contributed by atoms with Crippen LogP contribution in [0.3, 0.4) is 0 Å². The van der Waals surface area contributed by atoms with Crippen molar-refractivity contribution in [3.8, 4) is 0 Å². The summed E-state index contributed by atoms with van der Waals surface area (Å²) in [6, 6.07) is 6.15. The van der Waals surface area contributed by atoms with E-state index in [1.807, 2.05) is 22.5 Å². The number of alkyl halides is 6. The van der Waals surface area contributed by atoms with Crippen LogP contribution in [-0.2, 0) is 20.9 Å². The third-order valence-corrected chi connectivity index (χ3v) is 6.27. The van der Waals surface area contributed by atoms with Gasteiger partial charge in [-0.2, -0.15) is 37.7 Å². The molecule has 2 aromatic rings. The van der Waals surface area contributed by atoms with Crippen LogP contribution in [0, 0.1) is 5.41 Å². The van der Waals surface area contributed by atoms with Crippen LogP contribution in [0.25, 0.3) is 0 Å². The van der Waals surface area contributed by atoms with E-state index >= 15 is 0 Å². The van der Waals surface area contributed by atoms with Gasteiger partial charge in [0.15, 0.2) is 0 Å². The predicted octanol–water partition coefficient (Wildman–Crippen LogP) is 4.43. The Bertz CT molecular complexity index is 1030. The quantitative estimate of drug-likeness (QED) is 0.539. The Kier molecular flexibility index (Phi) is 10.0. The molecule has 4 heterocycles. The Hall–Kier alpha value is -3.20. The summed E-state index contributed by atoms with van der Waals surface area (Å²) in [4.78, 5) is 39.5. The number of hydrogen-bond acceptors (Lipinski definition) is 6. The molecular formula is C22H23F6N3O5S. The van der Waals surface area contributed by atoms with Gasteiger partial charge in [-0.15, -0.1) is 0 Å². The number of carboxylic acid groups (broad SMARTS) is 2. The molecule has 0 aromatic carbocycles. The van der Waals surface area contributed by atoms with Gasteiger partial charge in [-0.1, -0.05) is 6.07 Å². The zero-order valence-corrected chi connectivity index (χ0v) is 19.9. The Balaban J connectivity index is 0.000000286. The van der Waals surface area contributed by atoms with Gasteiger partial charge in [-0.05, 0) is 48.9 Å². The van der Waals surface area contributed by atoms with Crippen LogP contribution in [0.4, 0.5) is 32.0 Å². The monoisotopic (exact) mass is 555 g/mol. The van der Waals surface area contributed by atoms with Gasteiger partial charge in [-0.3, -0.25) is 14.7 Å². The molecule has 2 aliphatic rings. The van der Waals surface area contributed by atoms with Gasteiger partial charge in [0.2, 0.25) is 5.91 Å². The molecule has 4 rings (SSSR count). The highest BCUT2D eigenvalue weighted by molar-refractivity contribution is 7.08. The van der Waals surface area contributed by atoms with Crippen molar-refractivity contribution in [2.75, 3.05) is 24.5 Å². The smallest absolute Gasteiger partial charge is 0.475 e. The number of anilines is 1. The number of amides is 1. The molecule has 2 fully saturated rings. The molecule has 0 aliphatic carbocycles. The summed E-state index contributed by atoms with van der Waals surface area (Å²) in [6.07, 6.45) is -3.33. The van der Waals surface area contributed by atoms with Crippen molar-refractivity contribution in [2.24, 2.45) is 5.41 Å². The molecule has 1 unspecified atom stereocenters. The first-order valence-corrected chi connectivity index (χ1v) is 11.7. The largest absolute Gasteiger partial charge is 0.490 e. The summed E-state index contributed by atoms with van der Waals surface area (Å²) < 4.78 is 63.5. The lowest BCUT2D eigenvalue weighted by Crippen LogP contribution is -2.47. The van der Waals surface area contributed by atoms with Gasteiger partial charge >= 0.3 is 24.3 Å². The van der Waals surface area contributed by atoms with Crippen molar-refractivity contribution in [3.05, 3.63) is 46.9 Å². The van der Waals surface area contributed by atoms with Gasteiger partial charge in [0, 0.05) is 37.4 Å². The zero-order chi connectivity index (χ0) is 27.9. The number of pyridine rings is 1. The van der Waals surface area contributed by atoms with Crippen molar-refractivity contribution >= 4 is 34.9 Å². The first-order valence-electron chi connectivity index (χ1n) is 10.7. The third-order valence-electron chi connectivity index (χ3n) is 5.60. The Morgan fingerprint density at radius 2 is 1.65 bits per heavy atom. The van der Waals surface area contributed by atoms with Crippen molar-refractivity contribution in [2.45, 2.75) is 38.2 Å². The van der Waals surface area contributed by atoms with Crippen LogP contribution in [-0.4, -0.2) is 69.9 Å². The van der Waals surface area contributed by atoms with Gasteiger partial charge in [0.05, 0.1) is 11.1 Å². The molecule has 2 aromatic heterocycles. The van der Waals surface area contributed by atoms with E-state index < -0.39 is 24.3 Å². The first kappa shape index (κ1) is 30.0. The van der Waals surface area contributed by atoms with E-state index in [0.717, 1.165) is 51.1 Å². The number of hydrogen-bond donors (Lipinski definition) is 2. The van der Waals surface area contributed by atoms with Crippen LogP contribution in [0.1, 0.15) is 24.8 Å². The number of rotatable bonds is 3.